The zero-order valence-electron chi connectivity index (χ0n) is 10.1. The van der Waals surface area contributed by atoms with Crippen molar-refractivity contribution in [1.29, 1.82) is 0 Å². The van der Waals surface area contributed by atoms with Crippen molar-refractivity contribution < 1.29 is 23.4 Å². The van der Waals surface area contributed by atoms with Gasteiger partial charge in [-0.05, 0) is 29.5 Å². The molecular weight excluding hydrogens is 242 g/mol. The summed E-state index contributed by atoms with van der Waals surface area (Å²) >= 11 is 0. The van der Waals surface area contributed by atoms with Crippen LogP contribution in [0.25, 0.3) is 0 Å². The lowest BCUT2D eigenvalue weighted by molar-refractivity contribution is -0.141. The number of aliphatic carboxylic acids is 1. The number of benzene rings is 1. The van der Waals surface area contributed by atoms with Crippen LogP contribution in [0, 0.1) is 5.41 Å². The Balaban J connectivity index is 2.27. The van der Waals surface area contributed by atoms with Crippen molar-refractivity contribution in [2.75, 3.05) is 0 Å². The smallest absolute Gasteiger partial charge is 0.387 e. The van der Waals surface area contributed by atoms with Gasteiger partial charge >= 0.3 is 12.6 Å². The number of carboxylic acids is 1. The molecule has 5 heteroatoms. The van der Waals surface area contributed by atoms with Gasteiger partial charge in [0.05, 0.1) is 5.41 Å². The van der Waals surface area contributed by atoms with Gasteiger partial charge in [-0.1, -0.05) is 26.0 Å². The number of hydrogen-bond donors (Lipinski definition) is 1. The zero-order chi connectivity index (χ0) is 13.6. The fraction of sp³-hybridized carbons (Fsp3) is 0.462. The molecule has 1 aliphatic rings. The van der Waals surface area contributed by atoms with Gasteiger partial charge in [-0.15, -0.1) is 0 Å². The lowest BCUT2D eigenvalue weighted by atomic mass is 9.88. The van der Waals surface area contributed by atoms with Crippen LogP contribution in [0.5, 0.6) is 5.75 Å². The second-order valence-corrected chi connectivity index (χ2v) is 5.17. The van der Waals surface area contributed by atoms with Crippen molar-refractivity contribution >= 4 is 5.97 Å². The fourth-order valence-electron chi connectivity index (χ4n) is 2.52. The number of hydrogen-bond acceptors (Lipinski definition) is 2. The van der Waals surface area contributed by atoms with Gasteiger partial charge in [0.2, 0.25) is 0 Å². The molecular formula is C13H14F2O3. The van der Waals surface area contributed by atoms with Crippen LogP contribution in [0.15, 0.2) is 24.3 Å². The van der Waals surface area contributed by atoms with Crippen LogP contribution in [0.2, 0.25) is 0 Å². The zero-order valence-corrected chi connectivity index (χ0v) is 10.1. The van der Waals surface area contributed by atoms with E-state index in [4.69, 9.17) is 0 Å². The third kappa shape index (κ3) is 1.83. The first kappa shape index (κ1) is 12.8. The molecule has 3 nitrogen and oxygen atoms in total. The Morgan fingerprint density at radius 1 is 1.33 bits per heavy atom. The van der Waals surface area contributed by atoms with E-state index in [2.05, 4.69) is 4.74 Å². The maximum Gasteiger partial charge on any atom is 0.387 e. The molecule has 0 saturated heterocycles. The Labute approximate surface area is 103 Å². The first-order valence-electron chi connectivity index (χ1n) is 5.58. The van der Waals surface area contributed by atoms with E-state index in [1.54, 1.807) is 12.1 Å². The van der Waals surface area contributed by atoms with Gasteiger partial charge in [0.25, 0.3) is 0 Å². The molecule has 2 rings (SSSR count). The summed E-state index contributed by atoms with van der Waals surface area (Å²) in [5, 5.41) is 9.36. The molecule has 0 bridgehead atoms. The van der Waals surface area contributed by atoms with E-state index >= 15 is 0 Å². The number of carbonyl (C=O) groups is 1. The van der Waals surface area contributed by atoms with Gasteiger partial charge in [-0.25, -0.2) is 0 Å². The van der Waals surface area contributed by atoms with Crippen LogP contribution in [-0.2, 0) is 10.2 Å². The lowest BCUT2D eigenvalue weighted by Crippen LogP contribution is -2.25. The van der Waals surface area contributed by atoms with Gasteiger partial charge in [0.15, 0.2) is 0 Å². The molecule has 0 aromatic heterocycles. The maximum absolute atomic E-state index is 12.0. The van der Waals surface area contributed by atoms with E-state index in [1.807, 2.05) is 13.8 Å². The number of halogens is 2. The normalized spacial score (nSPS) is 24.9. The second kappa shape index (κ2) is 3.93. The third-order valence-corrected chi connectivity index (χ3v) is 3.67. The van der Waals surface area contributed by atoms with Gasteiger partial charge in [0.1, 0.15) is 5.75 Å². The summed E-state index contributed by atoms with van der Waals surface area (Å²) in [6.07, 6.45) is 0.546. The predicted octanol–water partition coefficient (Wildman–Crippen LogP) is 3.04. The Bertz CT molecular complexity index is 468. The van der Waals surface area contributed by atoms with Crippen LogP contribution in [-0.4, -0.2) is 17.7 Å². The summed E-state index contributed by atoms with van der Waals surface area (Å²) in [5.41, 5.74) is -0.595. The van der Waals surface area contributed by atoms with E-state index in [0.29, 0.717) is 12.0 Å². The highest BCUT2D eigenvalue weighted by Gasteiger charge is 2.67. The first-order chi connectivity index (χ1) is 8.29. The minimum atomic E-state index is -2.87. The first-order valence-corrected chi connectivity index (χ1v) is 5.58. The SMILES string of the molecule is CC1(C)CC1(C(=O)O)c1ccc(OC(F)F)cc1. The average Bonchev–Trinajstić information content (AvgIpc) is 2.83. The molecule has 0 amide bonds. The third-order valence-electron chi connectivity index (χ3n) is 3.67. The molecule has 1 atom stereocenters. The number of carboxylic acid groups (broad SMARTS) is 1. The van der Waals surface area contributed by atoms with Crippen LogP contribution < -0.4 is 4.74 Å². The van der Waals surface area contributed by atoms with Gasteiger partial charge in [-0.2, -0.15) is 8.78 Å². The van der Waals surface area contributed by atoms with Crippen molar-refractivity contribution in [3.05, 3.63) is 29.8 Å². The fourth-order valence-corrected chi connectivity index (χ4v) is 2.52. The molecule has 0 aliphatic heterocycles. The number of rotatable bonds is 4. The van der Waals surface area contributed by atoms with Crippen molar-refractivity contribution in [2.24, 2.45) is 5.41 Å². The topological polar surface area (TPSA) is 46.5 Å². The van der Waals surface area contributed by atoms with Crippen molar-refractivity contribution in [1.82, 2.24) is 0 Å². The molecule has 0 spiro atoms. The van der Waals surface area contributed by atoms with Crippen molar-refractivity contribution in [2.45, 2.75) is 32.3 Å². The molecule has 1 aromatic carbocycles. The molecule has 1 unspecified atom stereocenters. The standard InChI is InChI=1S/C13H14F2O3/c1-12(2)7-13(12,10(16)17)8-3-5-9(6-4-8)18-11(14)15/h3-6,11H,7H2,1-2H3,(H,16,17). The summed E-state index contributed by atoms with van der Waals surface area (Å²) in [7, 11) is 0. The highest BCUT2D eigenvalue weighted by Crippen LogP contribution is 2.64. The summed E-state index contributed by atoms with van der Waals surface area (Å²) in [6, 6.07) is 5.84. The number of alkyl halides is 2. The Kier molecular flexibility index (Phi) is 2.80. The van der Waals surface area contributed by atoms with Crippen molar-refractivity contribution in [3.63, 3.8) is 0 Å². The highest BCUT2D eigenvalue weighted by molar-refractivity contribution is 5.87. The number of ether oxygens (including phenoxy) is 1. The second-order valence-electron chi connectivity index (χ2n) is 5.17. The predicted molar refractivity (Wildman–Crippen MR) is 60.8 cm³/mol. The van der Waals surface area contributed by atoms with Gasteiger partial charge < -0.3 is 9.84 Å². The summed E-state index contributed by atoms with van der Waals surface area (Å²) in [6.45, 7) is 0.886. The van der Waals surface area contributed by atoms with Gasteiger partial charge in [-0.3, -0.25) is 4.79 Å². The van der Waals surface area contributed by atoms with Crippen LogP contribution in [0.4, 0.5) is 8.78 Å². The molecule has 18 heavy (non-hydrogen) atoms. The minimum Gasteiger partial charge on any atom is -0.481 e. The Morgan fingerprint density at radius 2 is 1.83 bits per heavy atom. The van der Waals surface area contributed by atoms with E-state index in [0.717, 1.165) is 0 Å². The molecule has 1 fully saturated rings. The molecule has 0 heterocycles. The Morgan fingerprint density at radius 3 is 2.17 bits per heavy atom. The van der Waals surface area contributed by atoms with E-state index < -0.39 is 18.0 Å². The summed E-state index contributed by atoms with van der Waals surface area (Å²) in [5.74, 6) is -0.845. The average molecular weight is 256 g/mol. The molecule has 1 saturated carbocycles. The van der Waals surface area contributed by atoms with E-state index in [1.165, 1.54) is 12.1 Å². The van der Waals surface area contributed by atoms with Crippen LogP contribution >= 0.6 is 0 Å². The monoisotopic (exact) mass is 256 g/mol. The van der Waals surface area contributed by atoms with Gasteiger partial charge in [0, 0.05) is 0 Å². The maximum atomic E-state index is 12.0. The summed E-state index contributed by atoms with van der Waals surface area (Å²) in [4.78, 5) is 11.4. The quantitative estimate of drug-likeness (QED) is 0.900. The highest BCUT2D eigenvalue weighted by atomic mass is 19.3. The molecule has 1 aliphatic carbocycles. The Hall–Kier alpha value is -1.65. The summed E-state index contributed by atoms with van der Waals surface area (Å²) < 4.78 is 28.2. The van der Waals surface area contributed by atoms with E-state index in [9.17, 15) is 18.7 Å². The lowest BCUT2D eigenvalue weighted by Gasteiger charge is -2.16. The van der Waals surface area contributed by atoms with Crippen LogP contribution in [0.1, 0.15) is 25.8 Å². The molecule has 1 aromatic rings. The van der Waals surface area contributed by atoms with Crippen LogP contribution in [0.3, 0.4) is 0 Å². The molecule has 0 radical (unpaired) electrons. The largest absolute Gasteiger partial charge is 0.481 e. The molecule has 1 N–H and O–H groups in total. The molecule has 98 valence electrons. The minimum absolute atomic E-state index is 0.0349. The van der Waals surface area contributed by atoms with Crippen molar-refractivity contribution in [3.8, 4) is 5.75 Å². The van der Waals surface area contributed by atoms with E-state index in [-0.39, 0.29) is 11.2 Å².